The van der Waals surface area contributed by atoms with Crippen LogP contribution in [-0.4, -0.2) is 52.9 Å². The van der Waals surface area contributed by atoms with Gasteiger partial charge in [0.15, 0.2) is 0 Å². The molecule has 2 heterocycles. The van der Waals surface area contributed by atoms with Gasteiger partial charge in [-0.3, -0.25) is 9.59 Å². The molecule has 0 unspecified atom stereocenters. The van der Waals surface area contributed by atoms with Crippen LogP contribution in [0.1, 0.15) is 54.8 Å². The van der Waals surface area contributed by atoms with E-state index in [1.165, 1.54) is 19.2 Å². The van der Waals surface area contributed by atoms with E-state index in [0.29, 0.717) is 17.7 Å². The number of aryl methyl sites for hydroxylation is 1. The lowest BCUT2D eigenvalue weighted by atomic mass is 9.94. The van der Waals surface area contributed by atoms with Crippen LogP contribution in [0.3, 0.4) is 0 Å². The summed E-state index contributed by atoms with van der Waals surface area (Å²) >= 11 is 0. The lowest BCUT2D eigenvalue weighted by Gasteiger charge is -2.32. The van der Waals surface area contributed by atoms with E-state index in [4.69, 9.17) is 4.74 Å². The monoisotopic (exact) mass is 506 g/mol. The Bertz CT molecular complexity index is 1320. The highest BCUT2D eigenvalue weighted by Crippen LogP contribution is 2.56. The van der Waals surface area contributed by atoms with Gasteiger partial charge in [-0.15, -0.1) is 0 Å². The molecule has 3 fully saturated rings. The number of amides is 5. The molecule has 2 saturated heterocycles. The number of benzene rings is 2. The molecule has 9 nitrogen and oxygen atoms in total. The molecule has 192 valence electrons. The number of nitrogens with zero attached hydrogens (tertiary/aromatic N) is 2. The predicted octanol–water partition coefficient (Wildman–Crippen LogP) is 3.59. The number of carbonyl (C=O) groups is 4. The molecule has 0 bridgehead atoms. The Labute approximate surface area is 212 Å². The van der Waals surface area contributed by atoms with Crippen LogP contribution in [0.2, 0.25) is 0 Å². The number of hydrogen-bond donors (Lipinski definition) is 2. The average Bonchev–Trinajstić information content (AvgIpc) is 3.34. The maximum atomic E-state index is 13.6. The Morgan fingerprint density at radius 3 is 2.54 bits per heavy atom. The third-order valence-corrected chi connectivity index (χ3v) is 8.19. The summed E-state index contributed by atoms with van der Waals surface area (Å²) in [5, 5.41) is 5.18. The summed E-state index contributed by atoms with van der Waals surface area (Å²) in [6.07, 6.45) is 3.26. The SMILES string of the molecule is CNC(=O)Nc1ccc2c(c1)CC[C@@]21OC(=O)N(CC(=O)N2[C@@H](c3ccc(F)cc3)CCC23CC3)C1=O. The Hall–Kier alpha value is -3.95. The summed E-state index contributed by atoms with van der Waals surface area (Å²) in [6, 6.07) is 10.7. The number of urea groups is 1. The summed E-state index contributed by atoms with van der Waals surface area (Å²) in [5.41, 5.74) is 1.07. The first kappa shape index (κ1) is 23.4. The summed E-state index contributed by atoms with van der Waals surface area (Å²) in [5.74, 6) is -1.20. The normalized spacial score (nSPS) is 25.0. The maximum absolute atomic E-state index is 13.6. The van der Waals surface area contributed by atoms with Crippen molar-refractivity contribution in [2.45, 2.75) is 55.7 Å². The van der Waals surface area contributed by atoms with Gasteiger partial charge in [0.25, 0.3) is 5.91 Å². The average molecular weight is 507 g/mol. The minimum Gasteiger partial charge on any atom is -0.427 e. The molecular formula is C27H27FN4O5. The molecule has 2 N–H and O–H groups in total. The van der Waals surface area contributed by atoms with Gasteiger partial charge in [0.1, 0.15) is 12.4 Å². The van der Waals surface area contributed by atoms with Gasteiger partial charge in [-0.2, -0.15) is 0 Å². The van der Waals surface area contributed by atoms with E-state index >= 15 is 0 Å². The number of nitrogens with one attached hydrogen (secondary N) is 2. The second-order valence-corrected chi connectivity index (χ2v) is 10.3. The zero-order valence-electron chi connectivity index (χ0n) is 20.4. The van der Waals surface area contributed by atoms with E-state index in [0.717, 1.165) is 41.7 Å². The topological polar surface area (TPSA) is 108 Å². The highest BCUT2D eigenvalue weighted by Gasteiger charge is 2.60. The number of fused-ring (bicyclic) bond motifs is 2. The van der Waals surface area contributed by atoms with Crippen LogP contribution in [-0.2, 0) is 26.3 Å². The molecule has 2 spiro atoms. The number of rotatable bonds is 4. The fraction of sp³-hybridized carbons (Fsp3) is 0.407. The van der Waals surface area contributed by atoms with Crippen molar-refractivity contribution in [2.24, 2.45) is 0 Å². The van der Waals surface area contributed by atoms with Gasteiger partial charge in [-0.05, 0) is 67.5 Å². The number of ether oxygens (including phenoxy) is 1. The van der Waals surface area contributed by atoms with E-state index in [9.17, 15) is 23.6 Å². The van der Waals surface area contributed by atoms with Gasteiger partial charge in [-0.1, -0.05) is 18.2 Å². The van der Waals surface area contributed by atoms with Gasteiger partial charge in [0.05, 0.1) is 6.04 Å². The van der Waals surface area contributed by atoms with Gasteiger partial charge in [-0.25, -0.2) is 18.9 Å². The second-order valence-electron chi connectivity index (χ2n) is 10.3. The molecule has 2 aliphatic carbocycles. The van der Waals surface area contributed by atoms with Crippen LogP contribution >= 0.6 is 0 Å². The fourth-order valence-corrected chi connectivity index (χ4v) is 6.20. The highest BCUT2D eigenvalue weighted by molar-refractivity contribution is 6.06. The van der Waals surface area contributed by atoms with Crippen molar-refractivity contribution in [3.63, 3.8) is 0 Å². The number of hydrogen-bond acceptors (Lipinski definition) is 5. The lowest BCUT2D eigenvalue weighted by Crippen LogP contribution is -2.47. The Morgan fingerprint density at radius 1 is 1.08 bits per heavy atom. The first-order valence-electron chi connectivity index (χ1n) is 12.5. The Balaban J connectivity index is 1.23. The van der Waals surface area contributed by atoms with Gasteiger partial charge in [0.2, 0.25) is 11.5 Å². The smallest absolute Gasteiger partial charge is 0.418 e. The third-order valence-electron chi connectivity index (χ3n) is 8.19. The molecule has 4 aliphatic rings. The minimum absolute atomic E-state index is 0.225. The van der Waals surface area contributed by atoms with E-state index < -0.39 is 24.1 Å². The van der Waals surface area contributed by atoms with Crippen molar-refractivity contribution in [1.82, 2.24) is 15.1 Å². The van der Waals surface area contributed by atoms with Crippen molar-refractivity contribution in [1.29, 1.82) is 0 Å². The molecule has 0 radical (unpaired) electrons. The predicted molar refractivity (Wildman–Crippen MR) is 130 cm³/mol. The molecule has 10 heteroatoms. The molecule has 2 atom stereocenters. The van der Waals surface area contributed by atoms with E-state index in [1.54, 1.807) is 30.3 Å². The van der Waals surface area contributed by atoms with Crippen LogP contribution < -0.4 is 10.6 Å². The van der Waals surface area contributed by atoms with Crippen molar-refractivity contribution in [3.05, 3.63) is 65.0 Å². The number of halogens is 1. The largest absolute Gasteiger partial charge is 0.427 e. The molecule has 37 heavy (non-hydrogen) atoms. The van der Waals surface area contributed by atoms with Gasteiger partial charge < -0.3 is 20.3 Å². The Morgan fingerprint density at radius 2 is 1.84 bits per heavy atom. The molecule has 0 aromatic heterocycles. The maximum Gasteiger partial charge on any atom is 0.418 e. The van der Waals surface area contributed by atoms with Gasteiger partial charge in [0, 0.05) is 30.3 Å². The molecule has 2 aliphatic heterocycles. The number of anilines is 1. The Kier molecular flexibility index (Phi) is 5.25. The second kappa shape index (κ2) is 8.29. The van der Waals surface area contributed by atoms with Crippen LogP contribution in [0.5, 0.6) is 0 Å². The fourth-order valence-electron chi connectivity index (χ4n) is 6.20. The molecule has 2 aromatic carbocycles. The first-order valence-corrected chi connectivity index (χ1v) is 12.5. The summed E-state index contributed by atoms with van der Waals surface area (Å²) in [7, 11) is 1.51. The summed E-state index contributed by atoms with van der Waals surface area (Å²) in [6.45, 7) is -0.398. The van der Waals surface area contributed by atoms with Crippen molar-refractivity contribution in [3.8, 4) is 0 Å². The molecular weight excluding hydrogens is 479 g/mol. The minimum atomic E-state index is -1.46. The van der Waals surface area contributed by atoms with Crippen LogP contribution in [0.25, 0.3) is 0 Å². The zero-order valence-corrected chi connectivity index (χ0v) is 20.4. The zero-order chi connectivity index (χ0) is 25.9. The molecule has 2 aromatic rings. The van der Waals surface area contributed by atoms with Crippen molar-refractivity contribution in [2.75, 3.05) is 18.9 Å². The van der Waals surface area contributed by atoms with Crippen molar-refractivity contribution < 1.29 is 28.3 Å². The molecule has 1 saturated carbocycles. The van der Waals surface area contributed by atoms with Gasteiger partial charge >= 0.3 is 12.1 Å². The summed E-state index contributed by atoms with van der Waals surface area (Å²) < 4.78 is 19.2. The number of likely N-dealkylation sites (tertiary alicyclic amines) is 1. The quantitative estimate of drug-likeness (QED) is 0.659. The van der Waals surface area contributed by atoms with Crippen LogP contribution in [0.4, 0.5) is 19.7 Å². The third kappa shape index (κ3) is 3.65. The highest BCUT2D eigenvalue weighted by atomic mass is 19.1. The standard InChI is InChI=1S/C27H27FN4O5/c1-29-24(35)30-19-6-7-20-17(14-19)8-11-27(20)23(34)31(25(36)37-27)15-22(33)32-21(9-10-26(32)12-13-26)16-2-4-18(28)5-3-16/h2-7,14,21H,8-13,15H2,1H3,(H2,29,30,35)/t21-,27-/m1/s1. The van der Waals surface area contributed by atoms with E-state index in [1.807, 2.05) is 4.90 Å². The summed E-state index contributed by atoms with van der Waals surface area (Å²) in [4.78, 5) is 54.6. The van der Waals surface area contributed by atoms with Crippen LogP contribution in [0, 0.1) is 5.82 Å². The van der Waals surface area contributed by atoms with Crippen LogP contribution in [0.15, 0.2) is 42.5 Å². The first-order chi connectivity index (χ1) is 17.8. The van der Waals surface area contributed by atoms with E-state index in [2.05, 4.69) is 10.6 Å². The number of carbonyl (C=O) groups excluding carboxylic acids is 4. The molecule has 5 amide bonds. The molecule has 6 rings (SSSR count). The van der Waals surface area contributed by atoms with Crippen molar-refractivity contribution >= 4 is 29.6 Å². The number of imide groups is 1. The lowest BCUT2D eigenvalue weighted by molar-refractivity contribution is -0.143. The van der Waals surface area contributed by atoms with E-state index in [-0.39, 0.29) is 35.8 Å².